The zero-order valence-electron chi connectivity index (χ0n) is 12.6. The third-order valence-electron chi connectivity index (χ3n) is 3.90. The second kappa shape index (κ2) is 8.10. The van der Waals surface area contributed by atoms with E-state index in [0.717, 1.165) is 25.7 Å². The summed E-state index contributed by atoms with van der Waals surface area (Å²) < 4.78 is 18.2. The maximum atomic E-state index is 12.8. The molecule has 1 unspecified atom stereocenters. The van der Waals surface area contributed by atoms with Gasteiger partial charge in [-0.05, 0) is 37.1 Å². The van der Waals surface area contributed by atoms with Crippen LogP contribution in [0.4, 0.5) is 4.39 Å². The SMILES string of the molecule is NC(=O)CN(CC(O)COc1ccc(F)cc1)C1CCCC1. The summed E-state index contributed by atoms with van der Waals surface area (Å²) in [5.41, 5.74) is 5.29. The molecule has 5 nitrogen and oxygen atoms in total. The monoisotopic (exact) mass is 310 g/mol. The fourth-order valence-electron chi connectivity index (χ4n) is 2.86. The Kier molecular flexibility index (Phi) is 6.15. The molecule has 6 heteroatoms. The van der Waals surface area contributed by atoms with Crippen molar-refractivity contribution >= 4 is 5.91 Å². The van der Waals surface area contributed by atoms with Crippen molar-refractivity contribution in [2.45, 2.75) is 37.8 Å². The molecule has 0 aromatic heterocycles. The molecule has 1 fully saturated rings. The van der Waals surface area contributed by atoms with Crippen LogP contribution in [0.5, 0.6) is 5.75 Å². The van der Waals surface area contributed by atoms with E-state index in [9.17, 15) is 14.3 Å². The molecule has 0 aliphatic heterocycles. The zero-order chi connectivity index (χ0) is 15.9. The maximum Gasteiger partial charge on any atom is 0.231 e. The van der Waals surface area contributed by atoms with Crippen LogP contribution in [-0.4, -0.2) is 47.8 Å². The molecule has 1 aromatic carbocycles. The molecule has 0 bridgehead atoms. The average Bonchev–Trinajstić information content (AvgIpc) is 3.00. The molecular formula is C16H23FN2O3. The zero-order valence-corrected chi connectivity index (χ0v) is 12.6. The van der Waals surface area contributed by atoms with Gasteiger partial charge in [-0.3, -0.25) is 9.69 Å². The number of aliphatic hydroxyl groups excluding tert-OH is 1. The van der Waals surface area contributed by atoms with E-state index in [0.29, 0.717) is 18.3 Å². The minimum Gasteiger partial charge on any atom is -0.491 e. The van der Waals surface area contributed by atoms with Crippen molar-refractivity contribution in [3.05, 3.63) is 30.1 Å². The lowest BCUT2D eigenvalue weighted by Gasteiger charge is -2.29. The van der Waals surface area contributed by atoms with E-state index < -0.39 is 12.0 Å². The van der Waals surface area contributed by atoms with Gasteiger partial charge in [-0.15, -0.1) is 0 Å². The fourth-order valence-corrected chi connectivity index (χ4v) is 2.86. The molecule has 1 amide bonds. The lowest BCUT2D eigenvalue weighted by atomic mass is 10.2. The van der Waals surface area contributed by atoms with Crippen molar-refractivity contribution in [1.82, 2.24) is 4.90 Å². The summed E-state index contributed by atoms with van der Waals surface area (Å²) in [6.07, 6.45) is 3.60. The van der Waals surface area contributed by atoms with E-state index in [-0.39, 0.29) is 19.0 Å². The van der Waals surface area contributed by atoms with Crippen LogP contribution >= 0.6 is 0 Å². The Balaban J connectivity index is 1.82. The highest BCUT2D eigenvalue weighted by Gasteiger charge is 2.25. The molecule has 2 rings (SSSR count). The molecule has 0 spiro atoms. The Morgan fingerprint density at radius 3 is 2.59 bits per heavy atom. The van der Waals surface area contributed by atoms with E-state index in [1.165, 1.54) is 24.3 Å². The van der Waals surface area contributed by atoms with E-state index >= 15 is 0 Å². The first-order valence-electron chi connectivity index (χ1n) is 7.63. The highest BCUT2D eigenvalue weighted by molar-refractivity contribution is 5.75. The van der Waals surface area contributed by atoms with Gasteiger partial charge in [0.15, 0.2) is 0 Å². The lowest BCUT2D eigenvalue weighted by Crippen LogP contribution is -2.45. The largest absolute Gasteiger partial charge is 0.491 e. The second-order valence-corrected chi connectivity index (χ2v) is 5.75. The lowest BCUT2D eigenvalue weighted by molar-refractivity contribution is -0.120. The summed E-state index contributed by atoms with van der Waals surface area (Å²) in [6, 6.07) is 5.94. The van der Waals surface area contributed by atoms with Crippen LogP contribution in [0.15, 0.2) is 24.3 Å². The number of carbonyl (C=O) groups is 1. The Bertz CT molecular complexity index is 475. The highest BCUT2D eigenvalue weighted by atomic mass is 19.1. The minimum atomic E-state index is -0.731. The number of benzene rings is 1. The van der Waals surface area contributed by atoms with Gasteiger partial charge in [0, 0.05) is 12.6 Å². The molecule has 1 aliphatic rings. The molecular weight excluding hydrogens is 287 g/mol. The van der Waals surface area contributed by atoms with Crippen molar-refractivity contribution in [2.75, 3.05) is 19.7 Å². The first-order chi connectivity index (χ1) is 10.5. The quantitative estimate of drug-likeness (QED) is 0.759. The smallest absolute Gasteiger partial charge is 0.231 e. The van der Waals surface area contributed by atoms with Crippen LogP contribution in [-0.2, 0) is 4.79 Å². The van der Waals surface area contributed by atoms with Gasteiger partial charge in [-0.2, -0.15) is 0 Å². The van der Waals surface area contributed by atoms with Gasteiger partial charge >= 0.3 is 0 Å². The van der Waals surface area contributed by atoms with Gasteiger partial charge in [0.25, 0.3) is 0 Å². The molecule has 1 atom stereocenters. The molecule has 1 aromatic rings. The maximum absolute atomic E-state index is 12.8. The molecule has 0 radical (unpaired) electrons. The number of primary amides is 1. The molecule has 1 saturated carbocycles. The summed E-state index contributed by atoms with van der Waals surface area (Å²) in [5.74, 6) is -0.219. The fraction of sp³-hybridized carbons (Fsp3) is 0.562. The third-order valence-corrected chi connectivity index (χ3v) is 3.90. The Morgan fingerprint density at radius 1 is 1.36 bits per heavy atom. The highest BCUT2D eigenvalue weighted by Crippen LogP contribution is 2.23. The van der Waals surface area contributed by atoms with Crippen LogP contribution in [0.1, 0.15) is 25.7 Å². The molecule has 0 heterocycles. The van der Waals surface area contributed by atoms with Gasteiger partial charge in [-0.25, -0.2) is 4.39 Å². The van der Waals surface area contributed by atoms with Gasteiger partial charge in [0.2, 0.25) is 5.91 Å². The van der Waals surface area contributed by atoms with Crippen molar-refractivity contribution in [1.29, 1.82) is 0 Å². The number of rotatable bonds is 8. The first-order valence-corrected chi connectivity index (χ1v) is 7.63. The van der Waals surface area contributed by atoms with Crippen molar-refractivity contribution in [3.8, 4) is 5.75 Å². The summed E-state index contributed by atoms with van der Waals surface area (Å²) in [4.78, 5) is 13.1. The number of ether oxygens (including phenoxy) is 1. The van der Waals surface area contributed by atoms with Crippen molar-refractivity contribution in [2.24, 2.45) is 5.73 Å². The summed E-state index contributed by atoms with van der Waals surface area (Å²) in [5, 5.41) is 10.1. The number of hydrogen-bond donors (Lipinski definition) is 2. The van der Waals surface area contributed by atoms with Crippen LogP contribution in [0.3, 0.4) is 0 Å². The average molecular weight is 310 g/mol. The number of nitrogens with two attached hydrogens (primary N) is 1. The third kappa shape index (κ3) is 5.27. The Hall–Kier alpha value is -1.66. The van der Waals surface area contributed by atoms with Crippen LogP contribution in [0.2, 0.25) is 0 Å². The van der Waals surface area contributed by atoms with E-state index in [2.05, 4.69) is 0 Å². The van der Waals surface area contributed by atoms with E-state index in [1.807, 2.05) is 4.90 Å². The van der Waals surface area contributed by atoms with Gasteiger partial charge in [0.1, 0.15) is 24.3 Å². The summed E-state index contributed by atoms with van der Waals surface area (Å²) >= 11 is 0. The normalized spacial score (nSPS) is 16.9. The van der Waals surface area contributed by atoms with Crippen molar-refractivity contribution < 1.29 is 19.0 Å². The Morgan fingerprint density at radius 2 is 2.00 bits per heavy atom. The standard InChI is InChI=1S/C16H23FN2O3/c17-12-5-7-15(8-6-12)22-11-14(20)9-19(10-16(18)21)13-3-1-2-4-13/h5-8,13-14,20H,1-4,9-11H2,(H2,18,21). The van der Waals surface area contributed by atoms with Gasteiger partial charge < -0.3 is 15.6 Å². The topological polar surface area (TPSA) is 75.8 Å². The summed E-state index contributed by atoms with van der Waals surface area (Å²) in [7, 11) is 0. The van der Waals surface area contributed by atoms with Crippen molar-refractivity contribution in [3.63, 3.8) is 0 Å². The van der Waals surface area contributed by atoms with Gasteiger partial charge in [-0.1, -0.05) is 12.8 Å². The molecule has 22 heavy (non-hydrogen) atoms. The predicted molar refractivity (Wildman–Crippen MR) is 80.9 cm³/mol. The first kappa shape index (κ1) is 16.7. The van der Waals surface area contributed by atoms with E-state index in [4.69, 9.17) is 10.5 Å². The number of amides is 1. The second-order valence-electron chi connectivity index (χ2n) is 5.75. The number of hydrogen-bond acceptors (Lipinski definition) is 4. The molecule has 1 aliphatic carbocycles. The van der Waals surface area contributed by atoms with Crippen LogP contribution < -0.4 is 10.5 Å². The van der Waals surface area contributed by atoms with Gasteiger partial charge in [0.05, 0.1) is 6.54 Å². The van der Waals surface area contributed by atoms with Crippen LogP contribution in [0, 0.1) is 5.82 Å². The van der Waals surface area contributed by atoms with E-state index in [1.54, 1.807) is 0 Å². The molecule has 0 saturated heterocycles. The molecule has 3 N–H and O–H groups in total. The number of aliphatic hydroxyl groups is 1. The Labute approximate surface area is 129 Å². The van der Waals surface area contributed by atoms with Crippen LogP contribution in [0.25, 0.3) is 0 Å². The molecule has 122 valence electrons. The summed E-state index contributed by atoms with van der Waals surface area (Å²) in [6.45, 7) is 0.584. The predicted octanol–water partition coefficient (Wildman–Crippen LogP) is 1.30. The minimum absolute atomic E-state index is 0.0909. The number of carbonyl (C=O) groups excluding carboxylic acids is 1. The number of nitrogens with zero attached hydrogens (tertiary/aromatic N) is 1. The number of halogens is 1.